The highest BCUT2D eigenvalue weighted by atomic mass is 16.5. The Morgan fingerprint density at radius 1 is 1.19 bits per heavy atom. The van der Waals surface area contributed by atoms with Gasteiger partial charge in [0, 0.05) is 0 Å². The van der Waals surface area contributed by atoms with E-state index < -0.39 is 6.04 Å². The molecule has 1 amide bonds. The van der Waals surface area contributed by atoms with Crippen LogP contribution in [-0.4, -0.2) is 22.9 Å². The number of nitrogens with zero attached hydrogens (tertiary/aromatic N) is 3. The summed E-state index contributed by atoms with van der Waals surface area (Å²) in [7, 11) is 0. The second-order valence-electron chi connectivity index (χ2n) is 6.24. The molecule has 1 fully saturated rings. The van der Waals surface area contributed by atoms with Gasteiger partial charge >= 0.3 is 5.97 Å². The van der Waals surface area contributed by atoms with Crippen molar-refractivity contribution >= 4 is 34.9 Å². The molecule has 3 rings (SSSR count). The number of carbonyl (C=O) groups is 2. The zero-order chi connectivity index (χ0) is 19.4. The van der Waals surface area contributed by atoms with Gasteiger partial charge in [0.05, 0.1) is 12.0 Å². The lowest BCUT2D eigenvalue weighted by Gasteiger charge is -2.08. The number of nitrogen functional groups attached to an aromatic ring is 1. The lowest BCUT2D eigenvalue weighted by Crippen LogP contribution is -2.32. The SMILES string of the molecule is C[C@H](N)C(=O)Nc1ccc(/N=N/c2ccccc2OC(=O)C2CC2)c(N)n1. The number of anilines is 2. The van der Waals surface area contributed by atoms with Gasteiger partial charge in [-0.2, -0.15) is 0 Å². The summed E-state index contributed by atoms with van der Waals surface area (Å²) < 4.78 is 5.37. The van der Waals surface area contributed by atoms with Crippen LogP contribution in [0.3, 0.4) is 0 Å². The number of benzene rings is 1. The van der Waals surface area contributed by atoms with E-state index in [0.717, 1.165) is 12.8 Å². The van der Waals surface area contributed by atoms with E-state index in [1.54, 1.807) is 43.3 Å². The summed E-state index contributed by atoms with van der Waals surface area (Å²) in [6.07, 6.45) is 1.72. The van der Waals surface area contributed by atoms with Crippen molar-refractivity contribution in [3.05, 3.63) is 36.4 Å². The Labute approximate surface area is 155 Å². The summed E-state index contributed by atoms with van der Waals surface area (Å²) in [4.78, 5) is 27.5. The van der Waals surface area contributed by atoms with Gasteiger partial charge < -0.3 is 21.5 Å². The van der Waals surface area contributed by atoms with Crippen molar-refractivity contribution in [1.29, 1.82) is 0 Å². The Bertz CT molecular complexity index is 892. The average molecular weight is 368 g/mol. The van der Waals surface area contributed by atoms with Crippen molar-refractivity contribution in [2.24, 2.45) is 21.9 Å². The van der Waals surface area contributed by atoms with E-state index in [9.17, 15) is 9.59 Å². The summed E-state index contributed by atoms with van der Waals surface area (Å²) in [6.45, 7) is 1.56. The highest BCUT2D eigenvalue weighted by Crippen LogP contribution is 2.34. The molecule has 0 bridgehead atoms. The third-order valence-corrected chi connectivity index (χ3v) is 3.82. The van der Waals surface area contributed by atoms with E-state index in [4.69, 9.17) is 16.2 Å². The standard InChI is InChI=1S/C18H20N6O3/c1-10(19)17(25)22-15-9-8-13(16(20)21-15)24-23-12-4-2-3-5-14(12)27-18(26)11-6-7-11/h2-5,8-11H,6-7,19H2,1H3,(H3,20,21,22,25)/b24-23+/t10-/m0/s1. The molecule has 1 aromatic carbocycles. The van der Waals surface area contributed by atoms with E-state index >= 15 is 0 Å². The van der Waals surface area contributed by atoms with Crippen LogP contribution in [-0.2, 0) is 9.59 Å². The van der Waals surface area contributed by atoms with Crippen molar-refractivity contribution in [2.75, 3.05) is 11.1 Å². The number of para-hydroxylation sites is 1. The molecule has 1 atom stereocenters. The predicted molar refractivity (Wildman–Crippen MR) is 99.9 cm³/mol. The largest absolute Gasteiger partial charge is 0.424 e. The van der Waals surface area contributed by atoms with E-state index in [2.05, 4.69) is 20.5 Å². The van der Waals surface area contributed by atoms with Gasteiger partial charge in [0.2, 0.25) is 5.91 Å². The average Bonchev–Trinajstić information content (AvgIpc) is 3.47. The number of amides is 1. The first-order valence-electron chi connectivity index (χ1n) is 8.49. The molecule has 1 saturated carbocycles. The third-order valence-electron chi connectivity index (χ3n) is 3.82. The van der Waals surface area contributed by atoms with E-state index in [0.29, 0.717) is 17.1 Å². The minimum Gasteiger partial charge on any atom is -0.424 e. The van der Waals surface area contributed by atoms with E-state index in [-0.39, 0.29) is 29.4 Å². The maximum Gasteiger partial charge on any atom is 0.314 e. The summed E-state index contributed by atoms with van der Waals surface area (Å²) in [5, 5.41) is 10.7. The molecule has 9 nitrogen and oxygen atoms in total. The number of ether oxygens (including phenoxy) is 1. The number of rotatable bonds is 6. The first-order valence-corrected chi connectivity index (χ1v) is 8.49. The van der Waals surface area contributed by atoms with Crippen LogP contribution >= 0.6 is 0 Å². The van der Waals surface area contributed by atoms with E-state index in [1.165, 1.54) is 0 Å². The van der Waals surface area contributed by atoms with Crippen LogP contribution in [0.15, 0.2) is 46.6 Å². The van der Waals surface area contributed by atoms with Gasteiger partial charge in [0.15, 0.2) is 11.6 Å². The third kappa shape index (κ3) is 4.85. The van der Waals surface area contributed by atoms with Gasteiger partial charge in [-0.3, -0.25) is 9.59 Å². The minimum atomic E-state index is -0.665. The normalized spacial score (nSPS) is 14.7. The summed E-state index contributed by atoms with van der Waals surface area (Å²) in [5.74, 6) is 0.0521. The molecular weight excluding hydrogens is 348 g/mol. The van der Waals surface area contributed by atoms with Gasteiger partial charge in [0.25, 0.3) is 0 Å². The number of carbonyl (C=O) groups excluding carboxylic acids is 2. The van der Waals surface area contributed by atoms with Crippen molar-refractivity contribution in [3.8, 4) is 5.75 Å². The van der Waals surface area contributed by atoms with Crippen LogP contribution in [0.1, 0.15) is 19.8 Å². The molecule has 27 heavy (non-hydrogen) atoms. The van der Waals surface area contributed by atoms with E-state index in [1.807, 2.05) is 0 Å². The number of nitrogens with one attached hydrogen (secondary N) is 1. The van der Waals surface area contributed by atoms with Crippen molar-refractivity contribution in [2.45, 2.75) is 25.8 Å². The van der Waals surface area contributed by atoms with Gasteiger partial charge in [0.1, 0.15) is 17.2 Å². The van der Waals surface area contributed by atoms with Crippen molar-refractivity contribution in [1.82, 2.24) is 4.98 Å². The van der Waals surface area contributed by atoms with Crippen LogP contribution in [0.25, 0.3) is 0 Å². The number of pyridine rings is 1. The molecule has 1 aliphatic carbocycles. The summed E-state index contributed by atoms with van der Waals surface area (Å²) in [5.41, 5.74) is 12.1. The maximum atomic E-state index is 11.9. The van der Waals surface area contributed by atoms with Crippen LogP contribution in [0.2, 0.25) is 0 Å². The highest BCUT2D eigenvalue weighted by Gasteiger charge is 2.32. The molecular formula is C18H20N6O3. The molecule has 5 N–H and O–H groups in total. The first-order chi connectivity index (χ1) is 12.9. The Balaban J connectivity index is 1.74. The van der Waals surface area contributed by atoms with Crippen LogP contribution in [0.5, 0.6) is 5.75 Å². The van der Waals surface area contributed by atoms with Gasteiger partial charge in [-0.1, -0.05) is 12.1 Å². The molecule has 9 heteroatoms. The molecule has 1 aromatic heterocycles. The molecule has 140 valence electrons. The number of nitrogens with two attached hydrogens (primary N) is 2. The molecule has 0 unspecified atom stereocenters. The maximum absolute atomic E-state index is 11.9. The van der Waals surface area contributed by atoms with Gasteiger partial charge in [-0.15, -0.1) is 10.2 Å². The molecule has 0 spiro atoms. The summed E-state index contributed by atoms with van der Waals surface area (Å²) >= 11 is 0. The zero-order valence-electron chi connectivity index (χ0n) is 14.8. The lowest BCUT2D eigenvalue weighted by molar-refractivity contribution is -0.135. The van der Waals surface area contributed by atoms with Crippen LogP contribution < -0.4 is 21.5 Å². The Kier molecular flexibility index (Phi) is 5.41. The minimum absolute atomic E-state index is 0.0196. The fourth-order valence-electron chi connectivity index (χ4n) is 2.11. The topological polar surface area (TPSA) is 145 Å². The number of esters is 1. The molecule has 0 aliphatic heterocycles. The van der Waals surface area contributed by atoms with Gasteiger partial charge in [-0.25, -0.2) is 4.98 Å². The number of hydrogen-bond acceptors (Lipinski definition) is 8. The second kappa shape index (κ2) is 7.92. The first kappa shape index (κ1) is 18.5. The van der Waals surface area contributed by atoms with Gasteiger partial charge in [-0.05, 0) is 44.0 Å². The number of azo groups is 1. The van der Waals surface area contributed by atoms with Crippen molar-refractivity contribution in [3.63, 3.8) is 0 Å². The molecule has 0 radical (unpaired) electrons. The highest BCUT2D eigenvalue weighted by molar-refractivity contribution is 5.93. The zero-order valence-corrected chi connectivity index (χ0v) is 14.8. The molecule has 1 aliphatic rings. The number of aromatic nitrogens is 1. The Morgan fingerprint density at radius 2 is 1.89 bits per heavy atom. The quantitative estimate of drug-likeness (QED) is 0.406. The van der Waals surface area contributed by atoms with Crippen LogP contribution in [0.4, 0.5) is 23.0 Å². The monoisotopic (exact) mass is 368 g/mol. The smallest absolute Gasteiger partial charge is 0.314 e. The summed E-state index contributed by atoms with van der Waals surface area (Å²) in [6, 6.07) is 9.30. The molecule has 0 saturated heterocycles. The predicted octanol–water partition coefficient (Wildman–Crippen LogP) is 2.68. The second-order valence-corrected chi connectivity index (χ2v) is 6.24. The fourth-order valence-corrected chi connectivity index (χ4v) is 2.11. The molecule has 1 heterocycles. The van der Waals surface area contributed by atoms with Crippen molar-refractivity contribution < 1.29 is 14.3 Å². The molecule has 2 aromatic rings. The Morgan fingerprint density at radius 3 is 2.56 bits per heavy atom. The van der Waals surface area contributed by atoms with Crippen LogP contribution in [0, 0.1) is 5.92 Å². The Hall–Kier alpha value is -3.33. The fraction of sp³-hybridized carbons (Fsp3) is 0.278. The number of hydrogen-bond donors (Lipinski definition) is 3. The lowest BCUT2D eigenvalue weighted by atomic mass is 10.3.